The molecule has 3 aliphatic rings. The van der Waals surface area contributed by atoms with Crippen molar-refractivity contribution in [3.8, 4) is 21.6 Å². The van der Waals surface area contributed by atoms with E-state index >= 15 is 0 Å². The molecule has 4 amide bonds. The summed E-state index contributed by atoms with van der Waals surface area (Å²) in [6, 6.07) is 18.9. The lowest BCUT2D eigenvalue weighted by molar-refractivity contribution is -0.144. The number of thiazole rings is 1. The smallest absolute Gasteiger partial charge is 0.251 e. The Balaban J connectivity index is 0.865. The lowest BCUT2D eigenvalue weighted by Crippen LogP contribution is -2.58. The maximum atomic E-state index is 14.1. The molecule has 3 aromatic carbocycles. The summed E-state index contributed by atoms with van der Waals surface area (Å²) in [5, 5.41) is 33.2. The van der Waals surface area contributed by atoms with Crippen molar-refractivity contribution < 1.29 is 43.6 Å². The summed E-state index contributed by atoms with van der Waals surface area (Å²) in [4.78, 5) is 63.9. The SMILES string of the molecule is CCN(c1cc(-c2ccc(CCCOCCOCC(=O)N[C@H](C(=O)N3C[C@H](O)C[C@H]3C(=O)NCc3ccc(-c4scnc4C)cc3)C(C)(C)C)cc2)cc(C(=O)NCC2=C(C)C=C(C)NC2O)c1C)C1CCOCC1. The summed E-state index contributed by atoms with van der Waals surface area (Å²) in [6.07, 6.45) is 3.72. The number of β-amino-alcohol motifs (C(OH)–C–C–N with tert-alkyl or cyclic N) is 1. The van der Waals surface area contributed by atoms with Gasteiger partial charge in [0.2, 0.25) is 17.7 Å². The predicted octanol–water partition coefficient (Wildman–Crippen LogP) is 6.75. The van der Waals surface area contributed by atoms with Crippen molar-refractivity contribution in [1.82, 2.24) is 31.2 Å². The normalized spacial score (nSPS) is 18.6. The predicted molar refractivity (Wildman–Crippen MR) is 293 cm³/mol. The number of aliphatic hydroxyl groups excluding tert-OH is 2. The van der Waals surface area contributed by atoms with E-state index in [1.807, 2.05) is 90.4 Å². The van der Waals surface area contributed by atoms with Gasteiger partial charge in [0.05, 0.1) is 35.4 Å². The van der Waals surface area contributed by atoms with Crippen LogP contribution in [0.15, 0.2) is 89.1 Å². The number of hydrogen-bond acceptors (Lipinski definition) is 13. The number of aromatic nitrogens is 1. The first-order chi connectivity index (χ1) is 35.9. The second-order valence-corrected chi connectivity index (χ2v) is 21.8. The number of dihydropyridines is 1. The zero-order valence-electron chi connectivity index (χ0n) is 44.9. The van der Waals surface area contributed by atoms with Gasteiger partial charge in [0, 0.05) is 81.0 Å². The van der Waals surface area contributed by atoms with Gasteiger partial charge in [0.25, 0.3) is 5.91 Å². The van der Waals surface area contributed by atoms with Gasteiger partial charge in [0.1, 0.15) is 24.9 Å². The highest BCUT2D eigenvalue weighted by Gasteiger charge is 2.44. The van der Waals surface area contributed by atoms with E-state index in [-0.39, 0.29) is 57.7 Å². The van der Waals surface area contributed by atoms with Gasteiger partial charge in [-0.05, 0) is 123 Å². The molecular weight excluding hydrogens is 971 g/mol. The van der Waals surface area contributed by atoms with Crippen LogP contribution in [-0.2, 0) is 41.6 Å². The van der Waals surface area contributed by atoms with Gasteiger partial charge in [-0.2, -0.15) is 0 Å². The van der Waals surface area contributed by atoms with E-state index in [9.17, 15) is 29.4 Å². The molecule has 1 aromatic heterocycles. The summed E-state index contributed by atoms with van der Waals surface area (Å²) >= 11 is 1.57. The first kappa shape index (κ1) is 56.8. The van der Waals surface area contributed by atoms with Crippen LogP contribution >= 0.6 is 11.3 Å². The molecule has 3 aliphatic heterocycles. The highest BCUT2D eigenvalue weighted by molar-refractivity contribution is 7.13. The number of aliphatic hydroxyl groups is 2. The lowest BCUT2D eigenvalue weighted by atomic mass is 9.85. The fourth-order valence-electron chi connectivity index (χ4n) is 10.1. The highest BCUT2D eigenvalue weighted by atomic mass is 32.1. The Labute approximate surface area is 446 Å². The van der Waals surface area contributed by atoms with Crippen molar-refractivity contribution in [1.29, 1.82) is 0 Å². The molecule has 7 rings (SSSR count). The number of hydrogen-bond donors (Lipinski definition) is 6. The van der Waals surface area contributed by atoms with E-state index in [2.05, 4.69) is 68.4 Å². The first-order valence-corrected chi connectivity index (χ1v) is 27.2. The molecule has 0 aliphatic carbocycles. The third-order valence-electron chi connectivity index (χ3n) is 14.3. The standard InChI is InChI=1S/C58H77N7O9S/c1-9-64(45-20-23-73-24-21-45)49-29-44(28-47(38(49)4)54(68)60-32-48-36(2)27-37(3)62-55(48)69)42-16-12-40(13-17-42)11-10-22-72-25-26-74-34-51(67)63-53(58(6,7)8)57(71)65-33-46(66)30-50(65)56(70)59-31-41-14-18-43(19-15-41)52-39(5)61-35-75-52/h12-19,27-29,35,45-46,50,53,55,62,66,69H,9-11,20-26,30-34H2,1-8H3,(H,59,70)(H,60,68)(H,63,67)/t46-,50+,53-,55?/m1/s1. The molecule has 0 saturated carbocycles. The van der Waals surface area contributed by atoms with Crippen molar-refractivity contribution in [2.45, 2.75) is 124 Å². The summed E-state index contributed by atoms with van der Waals surface area (Å²) < 4.78 is 17.2. The molecule has 2 fully saturated rings. The van der Waals surface area contributed by atoms with Gasteiger partial charge in [-0.15, -0.1) is 11.3 Å². The van der Waals surface area contributed by atoms with Crippen LogP contribution in [0.1, 0.15) is 100.0 Å². The van der Waals surface area contributed by atoms with Crippen molar-refractivity contribution in [2.75, 3.05) is 64.2 Å². The number of likely N-dealkylation sites (tertiary alicyclic amines) is 1. The Bertz CT molecular complexity index is 2670. The third kappa shape index (κ3) is 14.9. The maximum Gasteiger partial charge on any atom is 0.251 e. The average molecular weight is 1050 g/mol. The van der Waals surface area contributed by atoms with Crippen LogP contribution in [0.3, 0.4) is 0 Å². The summed E-state index contributed by atoms with van der Waals surface area (Å²) in [5.74, 6) is -1.48. The number of nitrogens with zero attached hydrogens (tertiary/aromatic N) is 3. The Morgan fingerprint density at radius 1 is 0.893 bits per heavy atom. The molecule has 404 valence electrons. The van der Waals surface area contributed by atoms with Gasteiger partial charge < -0.3 is 55.5 Å². The number of allylic oxidation sites excluding steroid dienone is 3. The molecular formula is C58H77N7O9S. The largest absolute Gasteiger partial charge is 0.391 e. The van der Waals surface area contributed by atoms with E-state index in [0.29, 0.717) is 31.4 Å². The van der Waals surface area contributed by atoms with E-state index < -0.39 is 41.6 Å². The van der Waals surface area contributed by atoms with E-state index in [0.717, 1.165) is 98.7 Å². The minimum absolute atomic E-state index is 0.0169. The Hall–Kier alpha value is -5.95. The van der Waals surface area contributed by atoms with E-state index in [1.165, 1.54) is 4.90 Å². The van der Waals surface area contributed by atoms with Crippen LogP contribution in [0.5, 0.6) is 0 Å². The number of ether oxygens (including phenoxy) is 3. The minimum Gasteiger partial charge on any atom is -0.391 e. The maximum absolute atomic E-state index is 14.1. The van der Waals surface area contributed by atoms with E-state index in [4.69, 9.17) is 14.2 Å². The van der Waals surface area contributed by atoms with Gasteiger partial charge in [-0.3, -0.25) is 19.2 Å². The molecule has 0 bridgehead atoms. The number of rotatable bonds is 22. The Morgan fingerprint density at radius 2 is 1.59 bits per heavy atom. The number of aryl methyl sites for hydroxylation is 2. The van der Waals surface area contributed by atoms with Crippen molar-refractivity contribution >= 4 is 40.7 Å². The van der Waals surface area contributed by atoms with Crippen LogP contribution in [0.25, 0.3) is 21.6 Å². The van der Waals surface area contributed by atoms with Crippen molar-refractivity contribution in [3.63, 3.8) is 0 Å². The molecule has 4 atom stereocenters. The summed E-state index contributed by atoms with van der Waals surface area (Å²) in [7, 11) is 0. The van der Waals surface area contributed by atoms with Gasteiger partial charge in [-0.25, -0.2) is 4.98 Å². The monoisotopic (exact) mass is 1050 g/mol. The quantitative estimate of drug-likeness (QED) is 0.0453. The number of benzene rings is 3. The molecule has 0 spiro atoms. The van der Waals surface area contributed by atoms with Crippen LogP contribution in [0.2, 0.25) is 0 Å². The van der Waals surface area contributed by atoms with Crippen molar-refractivity contribution in [3.05, 3.63) is 117 Å². The van der Waals surface area contributed by atoms with Crippen LogP contribution in [-0.4, -0.2) is 133 Å². The molecule has 1 unspecified atom stereocenters. The van der Waals surface area contributed by atoms with Crippen LogP contribution in [0.4, 0.5) is 5.69 Å². The Morgan fingerprint density at radius 3 is 2.25 bits per heavy atom. The second-order valence-electron chi connectivity index (χ2n) is 21.0. The van der Waals surface area contributed by atoms with Crippen LogP contribution in [0, 0.1) is 19.3 Å². The highest BCUT2D eigenvalue weighted by Crippen LogP contribution is 2.35. The molecule has 16 nitrogen and oxygen atoms in total. The first-order valence-electron chi connectivity index (χ1n) is 26.3. The lowest BCUT2D eigenvalue weighted by Gasteiger charge is -2.37. The van der Waals surface area contributed by atoms with Gasteiger partial charge in [-0.1, -0.05) is 69.3 Å². The minimum atomic E-state index is -0.968. The number of anilines is 1. The number of carbonyl (C=O) groups is 4. The zero-order chi connectivity index (χ0) is 53.8. The number of carbonyl (C=O) groups excluding carboxylic acids is 4. The number of amides is 4. The molecule has 4 heterocycles. The van der Waals surface area contributed by atoms with Crippen LogP contribution < -0.4 is 26.2 Å². The molecule has 2 saturated heterocycles. The molecule has 4 aromatic rings. The van der Waals surface area contributed by atoms with Crippen molar-refractivity contribution in [2.24, 2.45) is 5.41 Å². The van der Waals surface area contributed by atoms with E-state index in [1.54, 1.807) is 11.3 Å². The molecule has 75 heavy (non-hydrogen) atoms. The zero-order valence-corrected chi connectivity index (χ0v) is 45.7. The fourth-order valence-corrected chi connectivity index (χ4v) is 10.9. The topological polar surface area (TPSA) is 204 Å². The molecule has 0 radical (unpaired) electrons. The third-order valence-corrected chi connectivity index (χ3v) is 15.3. The second kappa shape index (κ2) is 26.2. The molecule has 6 N–H and O–H groups in total. The average Bonchev–Trinajstić information content (AvgIpc) is 4.01. The van der Waals surface area contributed by atoms with Gasteiger partial charge >= 0.3 is 0 Å². The number of nitrogens with one attached hydrogen (secondary N) is 4. The summed E-state index contributed by atoms with van der Waals surface area (Å²) in [5.41, 5.74) is 12.2. The fraction of sp³-hybridized carbons (Fsp3) is 0.500. The molecule has 17 heteroatoms. The Kier molecular flexibility index (Phi) is 19.8. The summed E-state index contributed by atoms with van der Waals surface area (Å²) in [6.45, 7) is 18.8. The van der Waals surface area contributed by atoms with Gasteiger partial charge in [0.15, 0.2) is 0 Å².